The smallest absolute Gasteiger partial charge is 0.124 e. The Kier molecular flexibility index (Phi) is 4.70. The Morgan fingerprint density at radius 3 is 2.92 bits per heavy atom. The lowest BCUT2D eigenvalue weighted by Crippen LogP contribution is -2.32. The fourth-order valence-electron chi connectivity index (χ4n) is 3.37. The van der Waals surface area contributed by atoms with Gasteiger partial charge in [-0.2, -0.15) is 16.9 Å². The highest BCUT2D eigenvalue weighted by Gasteiger charge is 2.21. The van der Waals surface area contributed by atoms with Gasteiger partial charge in [-0.05, 0) is 44.5 Å². The highest BCUT2D eigenvalue weighted by molar-refractivity contribution is 7.99. The van der Waals surface area contributed by atoms with Crippen LogP contribution >= 0.6 is 11.8 Å². The van der Waals surface area contributed by atoms with Gasteiger partial charge in [-0.25, -0.2) is 4.99 Å². The quantitative estimate of drug-likeness (QED) is 0.905. The summed E-state index contributed by atoms with van der Waals surface area (Å²) >= 11 is 2.02. The standard InChI is InChI=1S/C19H24N4OS/c1-13(2)24-15-3-4-17-16(12-15)19(22-21-17)14-5-6-20-18(11-14)23-7-9-25-10-8-23/h3-4,6,11-14H,5,7-10H2,1-2H3,(H,21,22). The molecule has 4 rings (SSSR count). The van der Waals surface area contributed by atoms with E-state index < -0.39 is 0 Å². The summed E-state index contributed by atoms with van der Waals surface area (Å²) in [4.78, 5) is 7.04. The molecule has 0 radical (unpaired) electrons. The number of nitrogens with zero attached hydrogens (tertiary/aromatic N) is 3. The van der Waals surface area contributed by atoms with Crippen molar-refractivity contribution in [2.24, 2.45) is 4.99 Å². The number of aromatic nitrogens is 2. The summed E-state index contributed by atoms with van der Waals surface area (Å²) in [5, 5.41) is 8.88. The number of aromatic amines is 1. The Balaban J connectivity index is 1.64. The molecule has 0 amide bonds. The van der Waals surface area contributed by atoms with E-state index >= 15 is 0 Å². The average Bonchev–Trinajstić information content (AvgIpc) is 3.05. The van der Waals surface area contributed by atoms with E-state index in [1.807, 2.05) is 44.0 Å². The number of allylic oxidation sites excluding steroid dienone is 1. The zero-order chi connectivity index (χ0) is 17.2. The van der Waals surface area contributed by atoms with Crippen molar-refractivity contribution in [1.29, 1.82) is 0 Å². The van der Waals surface area contributed by atoms with Gasteiger partial charge in [-0.15, -0.1) is 0 Å². The van der Waals surface area contributed by atoms with Crippen LogP contribution in [0.3, 0.4) is 0 Å². The summed E-state index contributed by atoms with van der Waals surface area (Å²) in [6.45, 7) is 6.25. The zero-order valence-electron chi connectivity index (χ0n) is 14.7. The molecule has 25 heavy (non-hydrogen) atoms. The molecule has 1 fully saturated rings. The van der Waals surface area contributed by atoms with Crippen molar-refractivity contribution in [2.45, 2.75) is 32.3 Å². The maximum absolute atomic E-state index is 5.86. The second-order valence-electron chi connectivity index (χ2n) is 6.76. The van der Waals surface area contributed by atoms with Crippen LogP contribution in [0.2, 0.25) is 0 Å². The molecule has 1 saturated heterocycles. The van der Waals surface area contributed by atoms with Gasteiger partial charge in [-0.3, -0.25) is 5.10 Å². The monoisotopic (exact) mass is 356 g/mol. The van der Waals surface area contributed by atoms with Gasteiger partial charge in [0.1, 0.15) is 11.6 Å². The molecule has 1 N–H and O–H groups in total. The van der Waals surface area contributed by atoms with Gasteiger partial charge >= 0.3 is 0 Å². The first-order chi connectivity index (χ1) is 12.2. The number of nitrogens with one attached hydrogen (secondary N) is 1. The maximum atomic E-state index is 5.86. The van der Waals surface area contributed by atoms with Crippen LogP contribution in [0.15, 0.2) is 35.1 Å². The van der Waals surface area contributed by atoms with Crippen LogP contribution in [0.1, 0.15) is 31.9 Å². The number of H-pyrrole nitrogens is 1. The molecular weight excluding hydrogens is 332 g/mol. The average molecular weight is 356 g/mol. The summed E-state index contributed by atoms with van der Waals surface area (Å²) in [6, 6.07) is 6.11. The summed E-state index contributed by atoms with van der Waals surface area (Å²) in [7, 11) is 0. The molecule has 1 unspecified atom stereocenters. The van der Waals surface area contributed by atoms with Crippen LogP contribution in [-0.2, 0) is 0 Å². The Morgan fingerprint density at radius 2 is 2.12 bits per heavy atom. The van der Waals surface area contributed by atoms with Gasteiger partial charge in [0, 0.05) is 42.1 Å². The molecule has 6 heteroatoms. The van der Waals surface area contributed by atoms with Crippen molar-refractivity contribution < 1.29 is 4.74 Å². The van der Waals surface area contributed by atoms with Gasteiger partial charge in [0.25, 0.3) is 0 Å². The van der Waals surface area contributed by atoms with E-state index in [2.05, 4.69) is 32.2 Å². The van der Waals surface area contributed by atoms with Crippen LogP contribution in [0.25, 0.3) is 10.9 Å². The normalized spacial score (nSPS) is 21.0. The van der Waals surface area contributed by atoms with E-state index in [1.165, 1.54) is 11.5 Å². The molecule has 3 heterocycles. The number of benzene rings is 1. The molecule has 5 nitrogen and oxygen atoms in total. The fourth-order valence-corrected chi connectivity index (χ4v) is 4.27. The van der Waals surface area contributed by atoms with E-state index in [0.717, 1.165) is 47.7 Å². The highest BCUT2D eigenvalue weighted by atomic mass is 32.2. The van der Waals surface area contributed by atoms with Crippen LogP contribution in [-0.4, -0.2) is 52.0 Å². The van der Waals surface area contributed by atoms with Crippen molar-refractivity contribution >= 4 is 28.9 Å². The van der Waals surface area contributed by atoms with Crippen molar-refractivity contribution in [3.05, 3.63) is 35.8 Å². The lowest BCUT2D eigenvalue weighted by atomic mass is 9.97. The molecule has 0 spiro atoms. The Morgan fingerprint density at radius 1 is 1.28 bits per heavy atom. The maximum Gasteiger partial charge on any atom is 0.124 e. The van der Waals surface area contributed by atoms with Gasteiger partial charge in [0.2, 0.25) is 0 Å². The number of aliphatic imine (C=N–C) groups is 1. The van der Waals surface area contributed by atoms with E-state index in [-0.39, 0.29) is 12.0 Å². The van der Waals surface area contributed by atoms with Crippen molar-refractivity contribution in [3.8, 4) is 5.75 Å². The molecule has 2 aromatic rings. The zero-order valence-corrected chi connectivity index (χ0v) is 15.6. The Bertz CT molecular complexity index is 805. The number of hydrogen-bond donors (Lipinski definition) is 1. The first-order valence-electron chi connectivity index (χ1n) is 8.92. The van der Waals surface area contributed by atoms with Gasteiger partial charge in [-0.1, -0.05) is 0 Å². The summed E-state index contributed by atoms with van der Waals surface area (Å²) in [5.41, 5.74) is 2.14. The van der Waals surface area contributed by atoms with Gasteiger partial charge in [0.15, 0.2) is 0 Å². The van der Waals surface area contributed by atoms with E-state index in [1.54, 1.807) is 0 Å². The first kappa shape index (κ1) is 16.5. The lowest BCUT2D eigenvalue weighted by molar-refractivity contribution is 0.243. The Labute approximate surface area is 152 Å². The molecular formula is C19H24N4OS. The molecule has 0 aliphatic carbocycles. The third kappa shape index (κ3) is 3.54. The second-order valence-corrected chi connectivity index (χ2v) is 7.99. The highest BCUT2D eigenvalue weighted by Crippen LogP contribution is 2.32. The minimum atomic E-state index is 0.165. The third-order valence-electron chi connectivity index (χ3n) is 4.57. The largest absolute Gasteiger partial charge is 0.491 e. The molecule has 2 aliphatic heterocycles. The molecule has 0 saturated carbocycles. The lowest BCUT2D eigenvalue weighted by Gasteiger charge is -2.30. The van der Waals surface area contributed by atoms with Crippen molar-refractivity contribution in [1.82, 2.24) is 15.1 Å². The number of hydrogen-bond acceptors (Lipinski definition) is 5. The van der Waals surface area contributed by atoms with E-state index in [4.69, 9.17) is 4.74 Å². The summed E-state index contributed by atoms with van der Waals surface area (Å²) < 4.78 is 5.86. The van der Waals surface area contributed by atoms with Gasteiger partial charge < -0.3 is 9.64 Å². The number of rotatable bonds is 4. The van der Waals surface area contributed by atoms with E-state index in [0.29, 0.717) is 0 Å². The molecule has 1 aromatic heterocycles. The third-order valence-corrected chi connectivity index (χ3v) is 5.51. The summed E-state index contributed by atoms with van der Waals surface area (Å²) in [5.74, 6) is 4.64. The molecule has 1 atom stereocenters. The van der Waals surface area contributed by atoms with Gasteiger partial charge in [0.05, 0.1) is 17.3 Å². The molecule has 2 aliphatic rings. The fraction of sp³-hybridized carbons (Fsp3) is 0.474. The topological polar surface area (TPSA) is 53.5 Å². The summed E-state index contributed by atoms with van der Waals surface area (Å²) in [6.07, 6.45) is 5.40. The number of ether oxygens (including phenoxy) is 1. The second kappa shape index (κ2) is 7.12. The SMILES string of the molecule is CC(C)Oc1ccc2n[nH]c(C3C=C(N4CCSCC4)N=CC3)c2c1. The van der Waals surface area contributed by atoms with E-state index in [9.17, 15) is 0 Å². The predicted octanol–water partition coefficient (Wildman–Crippen LogP) is 3.80. The van der Waals surface area contributed by atoms with Crippen molar-refractivity contribution in [3.63, 3.8) is 0 Å². The number of thioether (sulfide) groups is 1. The molecule has 0 bridgehead atoms. The van der Waals surface area contributed by atoms with Crippen LogP contribution in [0.4, 0.5) is 0 Å². The molecule has 132 valence electrons. The van der Waals surface area contributed by atoms with Crippen molar-refractivity contribution in [2.75, 3.05) is 24.6 Å². The van der Waals surface area contributed by atoms with Crippen LogP contribution in [0.5, 0.6) is 5.75 Å². The number of fused-ring (bicyclic) bond motifs is 1. The minimum Gasteiger partial charge on any atom is -0.491 e. The molecule has 1 aromatic carbocycles. The first-order valence-corrected chi connectivity index (χ1v) is 10.1. The van der Waals surface area contributed by atoms with Crippen LogP contribution < -0.4 is 4.74 Å². The van der Waals surface area contributed by atoms with Crippen LogP contribution in [0, 0.1) is 0 Å². The minimum absolute atomic E-state index is 0.165. The predicted molar refractivity (Wildman–Crippen MR) is 105 cm³/mol. The Hall–Kier alpha value is -1.95.